The number of hydrogen-bond acceptors (Lipinski definition) is 2. The molecule has 3 nitrogen and oxygen atoms in total. The zero-order chi connectivity index (χ0) is 11.6. The van der Waals surface area contributed by atoms with Crippen molar-refractivity contribution in [3.05, 3.63) is 0 Å². The van der Waals surface area contributed by atoms with Crippen LogP contribution in [0.2, 0.25) is 0 Å². The molecule has 1 aliphatic carbocycles. The van der Waals surface area contributed by atoms with Gasteiger partial charge in [-0.05, 0) is 44.6 Å². The fraction of sp³-hybridized carbons (Fsp3) is 0.923. The smallest absolute Gasteiger partial charge is 0.240 e. The minimum Gasteiger partial charge on any atom is -0.351 e. The van der Waals surface area contributed by atoms with Gasteiger partial charge in [0.25, 0.3) is 0 Å². The lowest BCUT2D eigenvalue weighted by atomic mass is 9.92. The average molecular weight is 261 g/mol. The van der Waals surface area contributed by atoms with E-state index in [1.165, 1.54) is 12.8 Å². The van der Waals surface area contributed by atoms with Gasteiger partial charge in [0.1, 0.15) is 0 Å². The molecule has 0 radical (unpaired) electrons. The first-order chi connectivity index (χ1) is 7.68. The number of rotatable bonds is 3. The Morgan fingerprint density at radius 1 is 1.41 bits per heavy atom. The van der Waals surface area contributed by atoms with Crippen molar-refractivity contribution in [2.24, 2.45) is 5.92 Å². The Morgan fingerprint density at radius 2 is 2.18 bits per heavy atom. The topological polar surface area (TPSA) is 41.1 Å². The second kappa shape index (κ2) is 6.05. The summed E-state index contributed by atoms with van der Waals surface area (Å²) in [6.07, 6.45) is 6.71. The van der Waals surface area contributed by atoms with Crippen molar-refractivity contribution < 1.29 is 4.79 Å². The number of nitrogens with one attached hydrogen (secondary N) is 2. The average Bonchev–Trinajstić information content (AvgIpc) is 2.89. The van der Waals surface area contributed by atoms with E-state index in [1.807, 2.05) is 0 Å². The number of hydrogen-bond donors (Lipinski definition) is 2. The molecule has 0 bridgehead atoms. The van der Waals surface area contributed by atoms with Crippen LogP contribution in [0.4, 0.5) is 0 Å². The maximum absolute atomic E-state index is 12.3. The van der Waals surface area contributed by atoms with Gasteiger partial charge < -0.3 is 10.6 Å². The van der Waals surface area contributed by atoms with Crippen LogP contribution in [0.15, 0.2) is 0 Å². The minimum absolute atomic E-state index is 0. The van der Waals surface area contributed by atoms with Gasteiger partial charge in [-0.3, -0.25) is 4.79 Å². The summed E-state index contributed by atoms with van der Waals surface area (Å²) in [5, 5.41) is 6.66. The molecule has 17 heavy (non-hydrogen) atoms. The summed E-state index contributed by atoms with van der Waals surface area (Å²) in [5.41, 5.74) is -0.262. The monoisotopic (exact) mass is 260 g/mol. The van der Waals surface area contributed by atoms with E-state index in [0.717, 1.165) is 32.2 Å². The molecule has 0 aromatic carbocycles. The second-order valence-corrected chi connectivity index (χ2v) is 5.45. The molecule has 1 aliphatic heterocycles. The molecule has 1 heterocycles. The highest BCUT2D eigenvalue weighted by atomic mass is 35.5. The van der Waals surface area contributed by atoms with Crippen LogP contribution in [0, 0.1) is 5.92 Å². The maximum Gasteiger partial charge on any atom is 0.240 e. The molecule has 3 unspecified atom stereocenters. The highest BCUT2D eigenvalue weighted by Gasteiger charge is 2.40. The SMILES string of the molecule is CCC1(C(=O)NC2CCCC2C)CCCN1.Cl. The number of carbonyl (C=O) groups is 1. The van der Waals surface area contributed by atoms with Gasteiger partial charge in [-0.25, -0.2) is 0 Å². The quantitative estimate of drug-likeness (QED) is 0.817. The predicted molar refractivity (Wildman–Crippen MR) is 72.5 cm³/mol. The summed E-state index contributed by atoms with van der Waals surface area (Å²) in [6.45, 7) is 5.34. The Bertz CT molecular complexity index is 264. The largest absolute Gasteiger partial charge is 0.351 e. The molecule has 2 aliphatic rings. The third-order valence-corrected chi connectivity index (χ3v) is 4.46. The van der Waals surface area contributed by atoms with E-state index < -0.39 is 0 Å². The first kappa shape index (κ1) is 14.8. The molecular weight excluding hydrogens is 236 g/mol. The van der Waals surface area contributed by atoms with E-state index in [9.17, 15) is 4.79 Å². The van der Waals surface area contributed by atoms with Crippen LogP contribution in [0.3, 0.4) is 0 Å². The van der Waals surface area contributed by atoms with Gasteiger partial charge in [-0.15, -0.1) is 12.4 Å². The highest BCUT2D eigenvalue weighted by molar-refractivity contribution is 5.87. The van der Waals surface area contributed by atoms with Crippen molar-refractivity contribution in [3.8, 4) is 0 Å². The zero-order valence-electron chi connectivity index (χ0n) is 10.9. The Balaban J connectivity index is 0.00000144. The molecule has 0 aromatic heterocycles. The van der Waals surface area contributed by atoms with Crippen molar-refractivity contribution in [3.63, 3.8) is 0 Å². The number of carbonyl (C=O) groups excluding carboxylic acids is 1. The van der Waals surface area contributed by atoms with Crippen LogP contribution >= 0.6 is 12.4 Å². The van der Waals surface area contributed by atoms with E-state index in [0.29, 0.717) is 12.0 Å². The van der Waals surface area contributed by atoms with Crippen molar-refractivity contribution >= 4 is 18.3 Å². The molecule has 2 N–H and O–H groups in total. The molecule has 0 spiro atoms. The minimum atomic E-state index is -0.262. The number of amides is 1. The first-order valence-electron chi connectivity index (χ1n) is 6.74. The zero-order valence-corrected chi connectivity index (χ0v) is 11.7. The van der Waals surface area contributed by atoms with Gasteiger partial charge in [-0.2, -0.15) is 0 Å². The second-order valence-electron chi connectivity index (χ2n) is 5.45. The summed E-state index contributed by atoms with van der Waals surface area (Å²) in [7, 11) is 0. The summed E-state index contributed by atoms with van der Waals surface area (Å²) < 4.78 is 0. The lowest BCUT2D eigenvalue weighted by Crippen LogP contribution is -2.55. The van der Waals surface area contributed by atoms with Crippen LogP contribution in [-0.2, 0) is 4.79 Å². The molecule has 100 valence electrons. The van der Waals surface area contributed by atoms with E-state index >= 15 is 0 Å². The van der Waals surface area contributed by atoms with Gasteiger partial charge in [0, 0.05) is 6.04 Å². The third-order valence-electron chi connectivity index (χ3n) is 4.46. The third kappa shape index (κ3) is 2.94. The molecule has 4 heteroatoms. The van der Waals surface area contributed by atoms with Crippen LogP contribution in [0.25, 0.3) is 0 Å². The Labute approximate surface area is 111 Å². The normalized spacial score (nSPS) is 36.6. The Morgan fingerprint density at radius 3 is 2.65 bits per heavy atom. The maximum atomic E-state index is 12.3. The fourth-order valence-corrected chi connectivity index (χ4v) is 3.13. The van der Waals surface area contributed by atoms with Gasteiger partial charge in [-0.1, -0.05) is 20.3 Å². The standard InChI is InChI=1S/C13H24N2O.ClH/c1-3-13(8-5-9-14-13)12(16)15-11-7-4-6-10(11)2;/h10-11,14H,3-9H2,1-2H3,(H,15,16);1H. The van der Waals surface area contributed by atoms with Gasteiger partial charge in [0.2, 0.25) is 5.91 Å². The Hall–Kier alpha value is -0.280. The Kier molecular flexibility index (Phi) is 5.26. The van der Waals surface area contributed by atoms with Gasteiger partial charge >= 0.3 is 0 Å². The molecular formula is C13H25ClN2O. The molecule has 0 aromatic rings. The van der Waals surface area contributed by atoms with Crippen molar-refractivity contribution in [2.75, 3.05) is 6.54 Å². The summed E-state index contributed by atoms with van der Waals surface area (Å²) in [6, 6.07) is 0.415. The van der Waals surface area contributed by atoms with Gasteiger partial charge in [0.05, 0.1) is 5.54 Å². The molecule has 1 saturated carbocycles. The summed E-state index contributed by atoms with van der Waals surface area (Å²) in [4.78, 5) is 12.3. The molecule has 1 amide bonds. The fourth-order valence-electron chi connectivity index (χ4n) is 3.13. The van der Waals surface area contributed by atoms with Crippen LogP contribution in [0.1, 0.15) is 52.4 Å². The highest BCUT2D eigenvalue weighted by Crippen LogP contribution is 2.28. The predicted octanol–water partition coefficient (Wildman–Crippen LogP) is 2.25. The lowest BCUT2D eigenvalue weighted by Gasteiger charge is -2.29. The number of halogens is 1. The van der Waals surface area contributed by atoms with Crippen LogP contribution in [-0.4, -0.2) is 24.0 Å². The van der Waals surface area contributed by atoms with Crippen molar-refractivity contribution in [1.82, 2.24) is 10.6 Å². The first-order valence-corrected chi connectivity index (χ1v) is 6.74. The lowest BCUT2D eigenvalue weighted by molar-refractivity contribution is -0.128. The van der Waals surface area contributed by atoms with E-state index in [-0.39, 0.29) is 23.9 Å². The van der Waals surface area contributed by atoms with Crippen molar-refractivity contribution in [2.45, 2.75) is 64.0 Å². The van der Waals surface area contributed by atoms with E-state index in [1.54, 1.807) is 0 Å². The van der Waals surface area contributed by atoms with Crippen molar-refractivity contribution in [1.29, 1.82) is 0 Å². The molecule has 2 rings (SSSR count). The van der Waals surface area contributed by atoms with E-state index in [2.05, 4.69) is 24.5 Å². The van der Waals surface area contributed by atoms with Crippen LogP contribution < -0.4 is 10.6 Å². The summed E-state index contributed by atoms with van der Waals surface area (Å²) >= 11 is 0. The van der Waals surface area contributed by atoms with Gasteiger partial charge in [0.15, 0.2) is 0 Å². The molecule has 3 atom stereocenters. The molecule has 2 fully saturated rings. The van der Waals surface area contributed by atoms with E-state index in [4.69, 9.17) is 0 Å². The van der Waals surface area contributed by atoms with Crippen LogP contribution in [0.5, 0.6) is 0 Å². The molecule has 1 saturated heterocycles. The summed E-state index contributed by atoms with van der Waals surface area (Å²) in [5.74, 6) is 0.894.